The standard InChI is InChI=1S/C16H22O3S/c1-12-5-4-6-13(11-12)20-10-9-19-15-8-3-2-7-14(15)16(17)18/h2-3,7-8,12-13H,4-6,9-11H2,1H3,(H,17,18). The fourth-order valence-corrected chi connectivity index (χ4v) is 3.98. The summed E-state index contributed by atoms with van der Waals surface area (Å²) in [7, 11) is 0. The number of carboxylic acids is 1. The van der Waals surface area contributed by atoms with Crippen molar-refractivity contribution in [1.29, 1.82) is 0 Å². The van der Waals surface area contributed by atoms with Crippen LogP contribution in [0.4, 0.5) is 0 Å². The first kappa shape index (κ1) is 15.2. The molecule has 1 saturated carbocycles. The molecule has 1 aliphatic rings. The summed E-state index contributed by atoms with van der Waals surface area (Å²) in [5.41, 5.74) is 0.240. The summed E-state index contributed by atoms with van der Waals surface area (Å²) < 4.78 is 5.61. The van der Waals surface area contributed by atoms with Gasteiger partial charge in [-0.2, -0.15) is 11.8 Å². The van der Waals surface area contributed by atoms with Gasteiger partial charge < -0.3 is 9.84 Å². The number of hydrogen-bond acceptors (Lipinski definition) is 3. The molecule has 0 saturated heterocycles. The molecule has 0 spiro atoms. The molecular weight excluding hydrogens is 272 g/mol. The molecule has 1 fully saturated rings. The lowest BCUT2D eigenvalue weighted by Crippen LogP contribution is -2.16. The molecule has 3 nitrogen and oxygen atoms in total. The second-order valence-corrected chi connectivity index (χ2v) is 6.82. The van der Waals surface area contributed by atoms with Crippen molar-refractivity contribution < 1.29 is 14.6 Å². The Hall–Kier alpha value is -1.16. The molecule has 1 aliphatic carbocycles. The summed E-state index contributed by atoms with van der Waals surface area (Å²) in [6, 6.07) is 6.82. The summed E-state index contributed by atoms with van der Waals surface area (Å²) in [4.78, 5) is 11.1. The number of para-hydroxylation sites is 1. The Labute approximate surface area is 124 Å². The largest absolute Gasteiger partial charge is 0.492 e. The average Bonchev–Trinajstić information content (AvgIpc) is 2.44. The number of hydrogen-bond donors (Lipinski definition) is 1. The van der Waals surface area contributed by atoms with Gasteiger partial charge in [-0.3, -0.25) is 0 Å². The van der Waals surface area contributed by atoms with E-state index < -0.39 is 5.97 Å². The van der Waals surface area contributed by atoms with E-state index in [4.69, 9.17) is 9.84 Å². The van der Waals surface area contributed by atoms with Crippen molar-refractivity contribution in [2.24, 2.45) is 5.92 Å². The van der Waals surface area contributed by atoms with Gasteiger partial charge in [-0.1, -0.05) is 31.9 Å². The lowest BCUT2D eigenvalue weighted by Gasteiger charge is -2.26. The summed E-state index contributed by atoms with van der Waals surface area (Å²) in [6.07, 6.45) is 5.30. The van der Waals surface area contributed by atoms with Gasteiger partial charge in [-0.25, -0.2) is 4.79 Å². The number of benzene rings is 1. The van der Waals surface area contributed by atoms with E-state index in [9.17, 15) is 4.79 Å². The van der Waals surface area contributed by atoms with Crippen LogP contribution in [0.25, 0.3) is 0 Å². The van der Waals surface area contributed by atoms with Crippen LogP contribution in [0, 0.1) is 5.92 Å². The second-order valence-electron chi connectivity index (χ2n) is 5.41. The lowest BCUT2D eigenvalue weighted by molar-refractivity contribution is 0.0692. The first-order valence-electron chi connectivity index (χ1n) is 7.23. The minimum Gasteiger partial charge on any atom is -0.492 e. The number of carboxylic acid groups (broad SMARTS) is 1. The fraction of sp³-hybridized carbons (Fsp3) is 0.562. The molecule has 1 aromatic rings. The highest BCUT2D eigenvalue weighted by atomic mass is 32.2. The first-order chi connectivity index (χ1) is 9.66. The van der Waals surface area contributed by atoms with Crippen molar-refractivity contribution in [1.82, 2.24) is 0 Å². The van der Waals surface area contributed by atoms with E-state index in [2.05, 4.69) is 6.92 Å². The number of thioether (sulfide) groups is 1. The third-order valence-electron chi connectivity index (χ3n) is 3.70. The van der Waals surface area contributed by atoms with Gasteiger partial charge in [0.2, 0.25) is 0 Å². The molecule has 1 aromatic carbocycles. The first-order valence-corrected chi connectivity index (χ1v) is 8.28. The van der Waals surface area contributed by atoms with Crippen LogP contribution in [-0.2, 0) is 0 Å². The summed E-state index contributed by atoms with van der Waals surface area (Å²) in [5, 5.41) is 9.82. The van der Waals surface area contributed by atoms with Crippen LogP contribution in [0.15, 0.2) is 24.3 Å². The van der Waals surface area contributed by atoms with E-state index in [1.165, 1.54) is 25.7 Å². The Kier molecular flexibility index (Phi) is 5.77. The molecule has 1 N–H and O–H groups in total. The molecule has 0 radical (unpaired) electrons. The molecule has 110 valence electrons. The molecule has 0 amide bonds. The Morgan fingerprint density at radius 2 is 2.20 bits per heavy atom. The van der Waals surface area contributed by atoms with Crippen molar-refractivity contribution in [3.8, 4) is 5.75 Å². The maximum atomic E-state index is 11.1. The highest BCUT2D eigenvalue weighted by Crippen LogP contribution is 2.31. The Morgan fingerprint density at radius 1 is 1.40 bits per heavy atom. The molecule has 4 heteroatoms. The van der Waals surface area contributed by atoms with Gasteiger partial charge in [0, 0.05) is 11.0 Å². The van der Waals surface area contributed by atoms with E-state index in [0.717, 1.165) is 16.9 Å². The van der Waals surface area contributed by atoms with Crippen LogP contribution >= 0.6 is 11.8 Å². The van der Waals surface area contributed by atoms with Gasteiger partial charge in [-0.05, 0) is 30.9 Å². The third kappa shape index (κ3) is 4.44. The quantitative estimate of drug-likeness (QED) is 0.803. The van der Waals surface area contributed by atoms with Crippen molar-refractivity contribution in [3.05, 3.63) is 29.8 Å². The minimum absolute atomic E-state index is 0.240. The molecule has 0 aliphatic heterocycles. The molecule has 2 unspecified atom stereocenters. The van der Waals surface area contributed by atoms with Gasteiger partial charge >= 0.3 is 5.97 Å². The molecular formula is C16H22O3S. The van der Waals surface area contributed by atoms with Gasteiger partial charge in [0.05, 0.1) is 6.61 Å². The molecule has 0 bridgehead atoms. The van der Waals surface area contributed by atoms with Crippen LogP contribution < -0.4 is 4.74 Å². The zero-order chi connectivity index (χ0) is 14.4. The lowest BCUT2D eigenvalue weighted by atomic mass is 9.91. The summed E-state index contributed by atoms with van der Waals surface area (Å²) in [6.45, 7) is 2.90. The smallest absolute Gasteiger partial charge is 0.339 e. The minimum atomic E-state index is -0.936. The highest BCUT2D eigenvalue weighted by molar-refractivity contribution is 7.99. The maximum Gasteiger partial charge on any atom is 0.339 e. The zero-order valence-electron chi connectivity index (χ0n) is 11.9. The Balaban J connectivity index is 1.74. The van der Waals surface area contributed by atoms with Gasteiger partial charge in [0.15, 0.2) is 0 Å². The summed E-state index contributed by atoms with van der Waals surface area (Å²) in [5.74, 6) is 1.30. The third-order valence-corrected chi connectivity index (χ3v) is 5.00. The molecule has 20 heavy (non-hydrogen) atoms. The van der Waals surface area contributed by atoms with Crippen molar-refractivity contribution in [2.45, 2.75) is 37.9 Å². The predicted molar refractivity (Wildman–Crippen MR) is 82.8 cm³/mol. The monoisotopic (exact) mass is 294 g/mol. The number of aromatic carboxylic acids is 1. The molecule has 2 rings (SSSR count). The number of rotatable bonds is 6. The van der Waals surface area contributed by atoms with E-state index in [1.807, 2.05) is 11.8 Å². The van der Waals surface area contributed by atoms with Crippen LogP contribution in [-0.4, -0.2) is 28.7 Å². The Morgan fingerprint density at radius 3 is 2.95 bits per heavy atom. The predicted octanol–water partition coefficient (Wildman–Crippen LogP) is 4.08. The number of carbonyl (C=O) groups is 1. The Bertz CT molecular complexity index is 447. The van der Waals surface area contributed by atoms with E-state index in [0.29, 0.717) is 12.4 Å². The van der Waals surface area contributed by atoms with Gasteiger partial charge in [0.1, 0.15) is 11.3 Å². The normalized spacial score (nSPS) is 22.4. The van der Waals surface area contributed by atoms with Crippen molar-refractivity contribution >= 4 is 17.7 Å². The van der Waals surface area contributed by atoms with Crippen molar-refractivity contribution in [2.75, 3.05) is 12.4 Å². The van der Waals surface area contributed by atoms with E-state index in [1.54, 1.807) is 24.3 Å². The molecule has 0 aromatic heterocycles. The van der Waals surface area contributed by atoms with Gasteiger partial charge in [-0.15, -0.1) is 0 Å². The maximum absolute atomic E-state index is 11.1. The second kappa shape index (κ2) is 7.58. The van der Waals surface area contributed by atoms with Crippen molar-refractivity contribution in [3.63, 3.8) is 0 Å². The fourth-order valence-electron chi connectivity index (χ4n) is 2.67. The zero-order valence-corrected chi connectivity index (χ0v) is 12.7. The van der Waals surface area contributed by atoms with Crippen LogP contribution in [0.1, 0.15) is 43.0 Å². The molecule has 2 atom stereocenters. The summed E-state index contributed by atoms with van der Waals surface area (Å²) >= 11 is 1.96. The SMILES string of the molecule is CC1CCCC(SCCOc2ccccc2C(=O)O)C1. The van der Waals surface area contributed by atoms with Crippen LogP contribution in [0.3, 0.4) is 0 Å². The van der Waals surface area contributed by atoms with E-state index >= 15 is 0 Å². The van der Waals surface area contributed by atoms with Crippen LogP contribution in [0.2, 0.25) is 0 Å². The highest BCUT2D eigenvalue weighted by Gasteiger charge is 2.19. The topological polar surface area (TPSA) is 46.5 Å². The molecule has 0 heterocycles. The number of ether oxygens (including phenoxy) is 1. The van der Waals surface area contributed by atoms with E-state index in [-0.39, 0.29) is 5.56 Å². The average molecular weight is 294 g/mol. The van der Waals surface area contributed by atoms with Gasteiger partial charge in [0.25, 0.3) is 0 Å². The van der Waals surface area contributed by atoms with Crippen LogP contribution in [0.5, 0.6) is 5.75 Å².